The lowest BCUT2D eigenvalue weighted by molar-refractivity contribution is -0.138. The molecule has 1 aromatic heterocycles. The van der Waals surface area contributed by atoms with Crippen molar-refractivity contribution in [2.24, 2.45) is 5.92 Å². The molecule has 1 unspecified atom stereocenters. The summed E-state index contributed by atoms with van der Waals surface area (Å²) < 4.78 is 0. The van der Waals surface area contributed by atoms with Gasteiger partial charge in [0.25, 0.3) is 5.91 Å². The lowest BCUT2D eigenvalue weighted by atomic mass is 9.94. The van der Waals surface area contributed by atoms with Gasteiger partial charge in [-0.15, -0.1) is 11.3 Å². The highest BCUT2D eigenvalue weighted by atomic mass is 32.1. The van der Waals surface area contributed by atoms with E-state index in [-0.39, 0.29) is 18.2 Å². The minimum Gasteiger partial charge on any atom is -0.481 e. The van der Waals surface area contributed by atoms with Gasteiger partial charge in [-0.05, 0) is 42.2 Å². The van der Waals surface area contributed by atoms with Gasteiger partial charge >= 0.3 is 5.97 Å². The summed E-state index contributed by atoms with van der Waals surface area (Å²) in [6.07, 6.45) is 2.82. The monoisotopic (exact) mass is 281 g/mol. The number of rotatable bonds is 4. The fourth-order valence-electron chi connectivity index (χ4n) is 2.61. The second-order valence-corrected chi connectivity index (χ2v) is 5.90. The Morgan fingerprint density at radius 1 is 1.53 bits per heavy atom. The van der Waals surface area contributed by atoms with Gasteiger partial charge in [0.1, 0.15) is 0 Å². The molecule has 0 aromatic carbocycles. The molecule has 0 radical (unpaired) electrons. The predicted octanol–water partition coefficient (Wildman–Crippen LogP) is 2.64. The van der Waals surface area contributed by atoms with Gasteiger partial charge in [0.05, 0.1) is 4.88 Å². The molecule has 2 rings (SSSR count). The first-order valence-corrected chi connectivity index (χ1v) is 7.57. The quantitative estimate of drug-likeness (QED) is 0.923. The van der Waals surface area contributed by atoms with Crippen LogP contribution in [0.5, 0.6) is 0 Å². The molecule has 5 heteroatoms. The van der Waals surface area contributed by atoms with Crippen molar-refractivity contribution in [3.8, 4) is 0 Å². The highest BCUT2D eigenvalue weighted by Gasteiger charge is 2.27. The summed E-state index contributed by atoms with van der Waals surface area (Å²) in [4.78, 5) is 25.9. The molecule has 1 N–H and O–H groups in total. The number of carboxylic acid groups (broad SMARTS) is 1. The van der Waals surface area contributed by atoms with Gasteiger partial charge in [0.2, 0.25) is 0 Å². The first-order chi connectivity index (χ1) is 9.11. The van der Waals surface area contributed by atoms with Gasteiger partial charge in [0, 0.05) is 19.5 Å². The van der Waals surface area contributed by atoms with Crippen LogP contribution >= 0.6 is 11.3 Å². The summed E-state index contributed by atoms with van der Waals surface area (Å²) >= 11 is 1.48. The number of piperidine rings is 1. The maximum absolute atomic E-state index is 12.5. The van der Waals surface area contributed by atoms with Gasteiger partial charge < -0.3 is 10.0 Å². The van der Waals surface area contributed by atoms with Crippen LogP contribution in [0.1, 0.15) is 41.4 Å². The Labute approximate surface area is 117 Å². The van der Waals surface area contributed by atoms with E-state index in [1.54, 1.807) is 0 Å². The van der Waals surface area contributed by atoms with E-state index in [4.69, 9.17) is 5.11 Å². The number of nitrogens with zero attached hydrogens (tertiary/aromatic N) is 1. The smallest absolute Gasteiger partial charge is 0.303 e. The molecule has 1 aliphatic rings. The van der Waals surface area contributed by atoms with Crippen LogP contribution in [-0.2, 0) is 11.2 Å². The zero-order chi connectivity index (χ0) is 13.8. The van der Waals surface area contributed by atoms with Crippen LogP contribution < -0.4 is 0 Å². The summed E-state index contributed by atoms with van der Waals surface area (Å²) in [7, 11) is 0. The van der Waals surface area contributed by atoms with Crippen molar-refractivity contribution < 1.29 is 14.7 Å². The first kappa shape index (κ1) is 14.1. The zero-order valence-corrected chi connectivity index (χ0v) is 11.9. The van der Waals surface area contributed by atoms with Crippen LogP contribution in [0.3, 0.4) is 0 Å². The summed E-state index contributed by atoms with van der Waals surface area (Å²) in [5.74, 6) is -0.605. The van der Waals surface area contributed by atoms with Crippen molar-refractivity contribution in [3.63, 3.8) is 0 Å². The molecule has 0 bridgehead atoms. The molecule has 0 spiro atoms. The third-order valence-corrected chi connectivity index (χ3v) is 4.54. The van der Waals surface area contributed by atoms with Crippen LogP contribution in [0.4, 0.5) is 0 Å². The minimum absolute atomic E-state index is 0.0712. The molecule has 1 aliphatic heterocycles. The predicted molar refractivity (Wildman–Crippen MR) is 74.6 cm³/mol. The SMILES string of the molecule is CCc1ccsc1C(=O)N1CCCC(CC(=O)O)C1. The van der Waals surface area contributed by atoms with Crippen molar-refractivity contribution in [1.82, 2.24) is 4.90 Å². The third-order valence-electron chi connectivity index (χ3n) is 3.59. The number of thiophene rings is 1. The second kappa shape index (κ2) is 6.19. The second-order valence-electron chi connectivity index (χ2n) is 4.99. The van der Waals surface area contributed by atoms with E-state index in [9.17, 15) is 9.59 Å². The highest BCUT2D eigenvalue weighted by Crippen LogP contribution is 2.25. The lowest BCUT2D eigenvalue weighted by Crippen LogP contribution is -2.40. The van der Waals surface area contributed by atoms with Crippen molar-refractivity contribution in [1.29, 1.82) is 0 Å². The van der Waals surface area contributed by atoms with Gasteiger partial charge in [-0.2, -0.15) is 0 Å². The summed E-state index contributed by atoms with van der Waals surface area (Å²) in [5.41, 5.74) is 1.09. The van der Waals surface area contributed by atoms with Crippen LogP contribution in [0.25, 0.3) is 0 Å². The summed E-state index contributed by atoms with van der Waals surface area (Å²) in [5, 5.41) is 10.8. The molecule has 1 atom stereocenters. The van der Waals surface area contributed by atoms with E-state index in [2.05, 4.69) is 0 Å². The number of aliphatic carboxylic acids is 1. The summed E-state index contributed by atoms with van der Waals surface area (Å²) in [6, 6.07) is 2.00. The van der Waals surface area contributed by atoms with Crippen molar-refractivity contribution in [2.45, 2.75) is 32.6 Å². The number of amides is 1. The number of carboxylic acids is 1. The number of carbonyl (C=O) groups excluding carboxylic acids is 1. The Morgan fingerprint density at radius 2 is 2.32 bits per heavy atom. The molecule has 1 amide bonds. The van der Waals surface area contributed by atoms with Gasteiger partial charge in [-0.25, -0.2) is 0 Å². The number of likely N-dealkylation sites (tertiary alicyclic amines) is 1. The number of aryl methyl sites for hydroxylation is 1. The Hall–Kier alpha value is -1.36. The Kier molecular flexibility index (Phi) is 4.58. The van der Waals surface area contributed by atoms with Crippen molar-refractivity contribution in [2.75, 3.05) is 13.1 Å². The van der Waals surface area contributed by atoms with Crippen LogP contribution in [0, 0.1) is 5.92 Å². The average Bonchev–Trinajstić information content (AvgIpc) is 2.85. The van der Waals surface area contributed by atoms with E-state index < -0.39 is 5.97 Å². The van der Waals surface area contributed by atoms with Crippen LogP contribution in [0.15, 0.2) is 11.4 Å². The molecular formula is C14H19NO3S. The Morgan fingerprint density at radius 3 is 3.00 bits per heavy atom. The lowest BCUT2D eigenvalue weighted by Gasteiger charge is -2.32. The number of hydrogen-bond acceptors (Lipinski definition) is 3. The molecule has 1 aromatic rings. The number of carbonyl (C=O) groups is 2. The van der Waals surface area contributed by atoms with Crippen molar-refractivity contribution in [3.05, 3.63) is 21.9 Å². The topological polar surface area (TPSA) is 57.6 Å². The fourth-order valence-corrected chi connectivity index (χ4v) is 3.57. The maximum atomic E-state index is 12.5. The zero-order valence-electron chi connectivity index (χ0n) is 11.1. The molecule has 2 heterocycles. The molecule has 1 saturated heterocycles. The molecule has 19 heavy (non-hydrogen) atoms. The van der Waals surface area contributed by atoms with E-state index in [1.165, 1.54) is 11.3 Å². The normalized spacial score (nSPS) is 19.4. The van der Waals surface area contributed by atoms with E-state index in [0.29, 0.717) is 6.54 Å². The fraction of sp³-hybridized carbons (Fsp3) is 0.571. The maximum Gasteiger partial charge on any atom is 0.303 e. The van der Waals surface area contributed by atoms with Gasteiger partial charge in [-0.3, -0.25) is 9.59 Å². The minimum atomic E-state index is -0.773. The molecule has 0 aliphatic carbocycles. The standard InChI is InChI=1S/C14H19NO3S/c1-2-11-5-7-19-13(11)14(18)15-6-3-4-10(9-15)8-12(16)17/h5,7,10H,2-4,6,8-9H2,1H3,(H,16,17). The van der Waals surface area contributed by atoms with E-state index in [0.717, 1.165) is 36.2 Å². The molecule has 104 valence electrons. The van der Waals surface area contributed by atoms with Gasteiger partial charge in [0.15, 0.2) is 0 Å². The Balaban J connectivity index is 2.05. The first-order valence-electron chi connectivity index (χ1n) is 6.69. The van der Waals surface area contributed by atoms with Gasteiger partial charge in [-0.1, -0.05) is 6.92 Å². The molecule has 4 nitrogen and oxygen atoms in total. The van der Waals surface area contributed by atoms with Crippen LogP contribution in [0.2, 0.25) is 0 Å². The van der Waals surface area contributed by atoms with Crippen molar-refractivity contribution >= 4 is 23.2 Å². The largest absolute Gasteiger partial charge is 0.481 e. The molecule has 1 fully saturated rings. The van der Waals surface area contributed by atoms with E-state index >= 15 is 0 Å². The molecule has 0 saturated carbocycles. The third kappa shape index (κ3) is 3.35. The molecular weight excluding hydrogens is 262 g/mol. The average molecular weight is 281 g/mol. The Bertz CT molecular complexity index is 469. The number of hydrogen-bond donors (Lipinski definition) is 1. The van der Waals surface area contributed by atoms with E-state index in [1.807, 2.05) is 23.3 Å². The highest BCUT2D eigenvalue weighted by molar-refractivity contribution is 7.12. The van der Waals surface area contributed by atoms with Crippen LogP contribution in [-0.4, -0.2) is 35.0 Å². The summed E-state index contributed by atoms with van der Waals surface area (Å²) in [6.45, 7) is 3.37.